The van der Waals surface area contributed by atoms with Crippen molar-refractivity contribution in [3.63, 3.8) is 0 Å². The van der Waals surface area contributed by atoms with Crippen molar-refractivity contribution in [2.45, 2.75) is 18.9 Å². The monoisotopic (exact) mass is 198 g/mol. The van der Waals surface area contributed by atoms with Gasteiger partial charge in [0.25, 0.3) is 0 Å². The second-order valence-electron chi connectivity index (χ2n) is 4.42. The first-order valence-corrected chi connectivity index (χ1v) is 4.91. The van der Waals surface area contributed by atoms with Crippen molar-refractivity contribution in [1.29, 1.82) is 5.26 Å². The predicted molar refractivity (Wildman–Crippen MR) is 58.9 cm³/mol. The first kappa shape index (κ1) is 13.4. The molecule has 0 heterocycles. The molecule has 0 aliphatic rings. The molecule has 1 atom stereocenters. The molecule has 14 heavy (non-hydrogen) atoms. The summed E-state index contributed by atoms with van der Waals surface area (Å²) in [6, 6.07) is 2.10. The molecule has 0 aliphatic heterocycles. The summed E-state index contributed by atoms with van der Waals surface area (Å²) in [5, 5.41) is 8.75. The van der Waals surface area contributed by atoms with Crippen LogP contribution in [-0.4, -0.2) is 56.1 Å². The number of nitriles is 1. The van der Waals surface area contributed by atoms with Crippen LogP contribution in [0.2, 0.25) is 0 Å². The normalized spacial score (nSPS) is 15.6. The maximum atomic E-state index is 8.75. The number of likely N-dealkylation sites (N-methyl/N-ethyl adjacent to an activating group) is 1. The first-order chi connectivity index (χ1) is 6.37. The Balaban J connectivity index is 3.67. The van der Waals surface area contributed by atoms with Crippen LogP contribution in [-0.2, 0) is 0 Å². The van der Waals surface area contributed by atoms with E-state index in [-0.39, 0.29) is 0 Å². The molecule has 0 aliphatic carbocycles. The molecule has 82 valence electrons. The van der Waals surface area contributed by atoms with Gasteiger partial charge in [-0.25, -0.2) is 0 Å². The number of rotatable bonds is 6. The van der Waals surface area contributed by atoms with Crippen LogP contribution < -0.4 is 5.73 Å². The van der Waals surface area contributed by atoms with Crippen molar-refractivity contribution in [2.75, 3.05) is 40.8 Å². The number of hydrogen-bond acceptors (Lipinski definition) is 4. The molecule has 0 saturated carbocycles. The molecule has 2 N–H and O–H groups in total. The summed E-state index contributed by atoms with van der Waals surface area (Å²) in [6.45, 7) is 4.43. The smallest absolute Gasteiger partial charge is 0.114 e. The van der Waals surface area contributed by atoms with Gasteiger partial charge in [-0.1, -0.05) is 0 Å². The Morgan fingerprint density at radius 1 is 1.29 bits per heavy atom. The van der Waals surface area contributed by atoms with Gasteiger partial charge in [0.15, 0.2) is 0 Å². The lowest BCUT2D eigenvalue weighted by atomic mass is 10.1. The fourth-order valence-electron chi connectivity index (χ4n) is 1.33. The first-order valence-electron chi connectivity index (χ1n) is 4.91. The molecular weight excluding hydrogens is 176 g/mol. The second-order valence-corrected chi connectivity index (χ2v) is 4.42. The largest absolute Gasteiger partial charge is 0.313 e. The molecule has 1 unspecified atom stereocenters. The summed E-state index contributed by atoms with van der Waals surface area (Å²) in [7, 11) is 6.11. The molecule has 0 fully saturated rings. The number of nitrogens with zero attached hydrogens (tertiary/aromatic N) is 3. The average Bonchev–Trinajstić information content (AvgIpc) is 2.02. The van der Waals surface area contributed by atoms with E-state index in [2.05, 4.69) is 30.0 Å². The standard InChI is InChI=1S/C10H22N4/c1-10(12,8-11)9-14(4)7-5-6-13(2)3/h5-7,9,12H2,1-4H3. The third-order valence-electron chi connectivity index (χ3n) is 2.00. The lowest BCUT2D eigenvalue weighted by Crippen LogP contribution is -2.45. The number of hydrogen-bond donors (Lipinski definition) is 1. The van der Waals surface area contributed by atoms with Gasteiger partial charge in [-0.2, -0.15) is 5.26 Å². The van der Waals surface area contributed by atoms with E-state index < -0.39 is 5.54 Å². The van der Waals surface area contributed by atoms with E-state index in [1.807, 2.05) is 7.05 Å². The molecule has 0 aromatic rings. The van der Waals surface area contributed by atoms with Gasteiger partial charge in [0.1, 0.15) is 5.54 Å². The van der Waals surface area contributed by atoms with Crippen molar-refractivity contribution in [3.8, 4) is 6.07 Å². The minimum Gasteiger partial charge on any atom is -0.313 e. The Hall–Kier alpha value is -0.630. The third-order valence-corrected chi connectivity index (χ3v) is 2.00. The van der Waals surface area contributed by atoms with Gasteiger partial charge < -0.3 is 15.5 Å². The van der Waals surface area contributed by atoms with Crippen LogP contribution in [0.1, 0.15) is 13.3 Å². The van der Waals surface area contributed by atoms with E-state index >= 15 is 0 Å². The van der Waals surface area contributed by atoms with E-state index in [4.69, 9.17) is 11.0 Å². The molecule has 0 aromatic heterocycles. The molecule has 0 saturated heterocycles. The Kier molecular flexibility index (Phi) is 5.70. The summed E-state index contributed by atoms with van der Waals surface area (Å²) < 4.78 is 0. The van der Waals surface area contributed by atoms with Crippen molar-refractivity contribution in [1.82, 2.24) is 9.80 Å². The predicted octanol–water partition coefficient (Wildman–Crippen LogP) is 0.111. The van der Waals surface area contributed by atoms with Crippen LogP contribution in [0.15, 0.2) is 0 Å². The van der Waals surface area contributed by atoms with E-state index in [9.17, 15) is 0 Å². The van der Waals surface area contributed by atoms with Gasteiger partial charge in [-0.15, -0.1) is 0 Å². The summed E-state index contributed by atoms with van der Waals surface area (Å²) in [4.78, 5) is 4.26. The zero-order chi connectivity index (χ0) is 11.2. The third kappa shape index (κ3) is 6.84. The van der Waals surface area contributed by atoms with Gasteiger partial charge >= 0.3 is 0 Å². The maximum Gasteiger partial charge on any atom is 0.114 e. The molecule has 0 spiro atoms. The van der Waals surface area contributed by atoms with Crippen LogP contribution in [0.4, 0.5) is 0 Å². The molecular formula is C10H22N4. The minimum absolute atomic E-state index is 0.622. The summed E-state index contributed by atoms with van der Waals surface area (Å²) in [5.74, 6) is 0. The SMILES string of the molecule is CN(C)CCCN(C)CC(C)(N)C#N. The highest BCUT2D eigenvalue weighted by Gasteiger charge is 2.19. The molecule has 0 rings (SSSR count). The highest BCUT2D eigenvalue weighted by Crippen LogP contribution is 2.00. The molecule has 4 nitrogen and oxygen atoms in total. The lowest BCUT2D eigenvalue weighted by Gasteiger charge is -2.24. The lowest BCUT2D eigenvalue weighted by molar-refractivity contribution is 0.270. The minimum atomic E-state index is -0.729. The van der Waals surface area contributed by atoms with E-state index in [0.717, 1.165) is 19.5 Å². The molecule has 4 heteroatoms. The topological polar surface area (TPSA) is 56.3 Å². The number of nitrogens with two attached hydrogens (primary N) is 1. The highest BCUT2D eigenvalue weighted by molar-refractivity contribution is 5.02. The van der Waals surface area contributed by atoms with Crippen molar-refractivity contribution in [2.24, 2.45) is 5.73 Å². The van der Waals surface area contributed by atoms with Gasteiger partial charge in [-0.05, 0) is 47.6 Å². The zero-order valence-corrected chi connectivity index (χ0v) is 9.75. The van der Waals surface area contributed by atoms with Crippen LogP contribution in [0.25, 0.3) is 0 Å². The second kappa shape index (κ2) is 5.97. The van der Waals surface area contributed by atoms with Crippen molar-refractivity contribution in [3.05, 3.63) is 0 Å². The fourth-order valence-corrected chi connectivity index (χ4v) is 1.33. The van der Waals surface area contributed by atoms with E-state index in [1.165, 1.54) is 0 Å². The van der Waals surface area contributed by atoms with Crippen LogP contribution in [0.3, 0.4) is 0 Å². The molecule has 0 aromatic carbocycles. The quantitative estimate of drug-likeness (QED) is 0.658. The maximum absolute atomic E-state index is 8.75. The molecule has 0 amide bonds. The Morgan fingerprint density at radius 2 is 1.86 bits per heavy atom. The van der Waals surface area contributed by atoms with Gasteiger partial charge in [-0.3, -0.25) is 0 Å². The van der Waals surface area contributed by atoms with E-state index in [1.54, 1.807) is 6.92 Å². The Bertz CT molecular complexity index is 193. The van der Waals surface area contributed by atoms with Crippen molar-refractivity contribution >= 4 is 0 Å². The van der Waals surface area contributed by atoms with Gasteiger partial charge in [0, 0.05) is 6.54 Å². The van der Waals surface area contributed by atoms with Crippen LogP contribution in [0, 0.1) is 11.3 Å². The molecule has 0 radical (unpaired) electrons. The Labute approximate surface area is 87.3 Å². The zero-order valence-electron chi connectivity index (χ0n) is 9.75. The summed E-state index contributed by atoms with van der Waals surface area (Å²) in [6.07, 6.45) is 1.10. The van der Waals surface area contributed by atoms with E-state index in [0.29, 0.717) is 6.54 Å². The summed E-state index contributed by atoms with van der Waals surface area (Å²) >= 11 is 0. The van der Waals surface area contributed by atoms with Gasteiger partial charge in [0.05, 0.1) is 6.07 Å². The van der Waals surface area contributed by atoms with Crippen LogP contribution in [0.5, 0.6) is 0 Å². The fraction of sp³-hybridized carbons (Fsp3) is 0.900. The molecule has 0 bridgehead atoms. The highest BCUT2D eigenvalue weighted by atomic mass is 15.1. The average molecular weight is 198 g/mol. The Morgan fingerprint density at radius 3 is 2.29 bits per heavy atom. The summed E-state index contributed by atoms with van der Waals surface area (Å²) in [5.41, 5.74) is 5.01. The van der Waals surface area contributed by atoms with Gasteiger partial charge in [0.2, 0.25) is 0 Å². The van der Waals surface area contributed by atoms with Crippen LogP contribution >= 0.6 is 0 Å². The van der Waals surface area contributed by atoms with Crippen molar-refractivity contribution < 1.29 is 0 Å².